The molecule has 0 aliphatic carbocycles. The van der Waals surface area contributed by atoms with Crippen molar-refractivity contribution in [1.29, 1.82) is 0 Å². The number of nitrogens with zero attached hydrogens (tertiary/aromatic N) is 3. The highest BCUT2D eigenvalue weighted by molar-refractivity contribution is 5.94. The molecular weight excluding hydrogens is 361 g/mol. The predicted octanol–water partition coefficient (Wildman–Crippen LogP) is 3.90. The van der Waals surface area contributed by atoms with Crippen LogP contribution in [0.4, 0.5) is 4.39 Å². The average molecular weight is 381 g/mol. The van der Waals surface area contributed by atoms with Crippen LogP contribution in [-0.2, 0) is 0 Å². The lowest BCUT2D eigenvalue weighted by molar-refractivity contribution is 0.0698. The number of carbonyl (C=O) groups is 1. The van der Waals surface area contributed by atoms with Crippen LogP contribution >= 0.6 is 0 Å². The maximum Gasteiger partial charge on any atom is 0.253 e. The number of halogens is 1. The Kier molecular flexibility index (Phi) is 5.06. The lowest BCUT2D eigenvalue weighted by Crippen LogP contribution is -2.39. The fourth-order valence-electron chi connectivity index (χ4n) is 3.42. The second-order valence-corrected chi connectivity index (χ2v) is 6.74. The number of amides is 1. The van der Waals surface area contributed by atoms with E-state index in [1.54, 1.807) is 54.5 Å². The fourth-order valence-corrected chi connectivity index (χ4v) is 3.42. The number of rotatable bonds is 4. The van der Waals surface area contributed by atoms with Gasteiger partial charge in [0.15, 0.2) is 0 Å². The summed E-state index contributed by atoms with van der Waals surface area (Å²) in [4.78, 5) is 14.6. The van der Waals surface area contributed by atoms with Crippen molar-refractivity contribution >= 4 is 5.91 Å². The van der Waals surface area contributed by atoms with Gasteiger partial charge in [-0.15, -0.1) is 10.2 Å². The number of benzene rings is 2. The monoisotopic (exact) mass is 381 g/mol. The van der Waals surface area contributed by atoms with Gasteiger partial charge in [-0.25, -0.2) is 4.39 Å². The van der Waals surface area contributed by atoms with Crippen LogP contribution in [0.5, 0.6) is 5.75 Å². The lowest BCUT2D eigenvalue weighted by atomic mass is 9.97. The smallest absolute Gasteiger partial charge is 0.253 e. The molecule has 4 rings (SSSR count). The number of hydrogen-bond acceptors (Lipinski definition) is 5. The number of piperidine rings is 1. The van der Waals surface area contributed by atoms with Gasteiger partial charge < -0.3 is 14.1 Å². The number of aromatic nitrogens is 2. The molecular formula is C21H20FN3O3. The van der Waals surface area contributed by atoms with Crippen LogP contribution in [-0.4, -0.2) is 41.2 Å². The van der Waals surface area contributed by atoms with E-state index in [0.717, 1.165) is 12.8 Å². The summed E-state index contributed by atoms with van der Waals surface area (Å²) >= 11 is 0. The van der Waals surface area contributed by atoms with E-state index in [4.69, 9.17) is 9.15 Å². The maximum absolute atomic E-state index is 13.9. The van der Waals surface area contributed by atoms with E-state index in [1.807, 2.05) is 0 Å². The summed E-state index contributed by atoms with van der Waals surface area (Å²) in [5.74, 6) is 0.791. The normalized spacial score (nSPS) is 16.8. The lowest BCUT2D eigenvalue weighted by Gasteiger charge is -2.31. The van der Waals surface area contributed by atoms with Crippen LogP contribution in [0.3, 0.4) is 0 Å². The maximum atomic E-state index is 13.9. The minimum Gasteiger partial charge on any atom is -0.497 e. The van der Waals surface area contributed by atoms with Crippen molar-refractivity contribution in [3.05, 3.63) is 65.8 Å². The standard InChI is InChI=1S/C21H20FN3O3/c1-27-16-10-8-14(9-11-16)21(26)25-12-4-5-15(13-25)19-23-24-20(28-19)17-6-2-3-7-18(17)22/h2-3,6-11,15H,4-5,12-13H2,1H3/t15-/m1/s1. The second kappa shape index (κ2) is 7.80. The number of hydrogen-bond donors (Lipinski definition) is 0. The summed E-state index contributed by atoms with van der Waals surface area (Å²) in [6.07, 6.45) is 1.68. The van der Waals surface area contributed by atoms with Crippen molar-refractivity contribution in [1.82, 2.24) is 15.1 Å². The van der Waals surface area contributed by atoms with E-state index in [9.17, 15) is 9.18 Å². The Hall–Kier alpha value is -3.22. The van der Waals surface area contributed by atoms with Gasteiger partial charge in [0.05, 0.1) is 18.6 Å². The largest absolute Gasteiger partial charge is 0.497 e. The van der Waals surface area contributed by atoms with Crippen LogP contribution < -0.4 is 4.74 Å². The average Bonchev–Trinajstić information content (AvgIpc) is 3.24. The van der Waals surface area contributed by atoms with Gasteiger partial charge >= 0.3 is 0 Å². The van der Waals surface area contributed by atoms with Crippen molar-refractivity contribution < 1.29 is 18.3 Å². The van der Waals surface area contributed by atoms with E-state index in [1.165, 1.54) is 6.07 Å². The molecule has 1 aliphatic heterocycles. The summed E-state index contributed by atoms with van der Waals surface area (Å²) in [6, 6.07) is 13.3. The first kappa shape index (κ1) is 18.2. The van der Waals surface area contributed by atoms with Gasteiger partial charge in [-0.2, -0.15) is 0 Å². The molecule has 144 valence electrons. The highest BCUT2D eigenvalue weighted by atomic mass is 19.1. The van der Waals surface area contributed by atoms with Crippen LogP contribution in [0.2, 0.25) is 0 Å². The van der Waals surface area contributed by atoms with Gasteiger partial charge in [-0.3, -0.25) is 4.79 Å². The third kappa shape index (κ3) is 3.60. The predicted molar refractivity (Wildman–Crippen MR) is 101 cm³/mol. The SMILES string of the molecule is COc1ccc(C(=O)N2CCC[C@@H](c3nnc(-c4ccccc4F)o3)C2)cc1. The number of methoxy groups -OCH3 is 1. The molecule has 0 radical (unpaired) electrons. The zero-order valence-electron chi connectivity index (χ0n) is 15.5. The molecule has 0 spiro atoms. The molecule has 1 aliphatic rings. The van der Waals surface area contributed by atoms with Crippen molar-refractivity contribution in [2.24, 2.45) is 0 Å². The van der Waals surface area contributed by atoms with Gasteiger partial charge in [-0.05, 0) is 49.2 Å². The molecule has 6 nitrogen and oxygen atoms in total. The highest BCUT2D eigenvalue weighted by Crippen LogP contribution is 2.30. The molecule has 1 fully saturated rings. The van der Waals surface area contributed by atoms with Gasteiger partial charge in [0, 0.05) is 18.7 Å². The molecule has 0 saturated carbocycles. The zero-order valence-corrected chi connectivity index (χ0v) is 15.5. The molecule has 0 unspecified atom stereocenters. The quantitative estimate of drug-likeness (QED) is 0.686. The Morgan fingerprint density at radius 1 is 1.18 bits per heavy atom. The second-order valence-electron chi connectivity index (χ2n) is 6.74. The Bertz CT molecular complexity index is 971. The van der Waals surface area contributed by atoms with Crippen molar-refractivity contribution in [2.75, 3.05) is 20.2 Å². The molecule has 2 heterocycles. The van der Waals surface area contributed by atoms with E-state index >= 15 is 0 Å². The summed E-state index contributed by atoms with van der Waals surface area (Å²) in [7, 11) is 1.59. The number of likely N-dealkylation sites (tertiary alicyclic amines) is 1. The third-order valence-electron chi connectivity index (χ3n) is 4.94. The number of carbonyl (C=O) groups excluding carboxylic acids is 1. The van der Waals surface area contributed by atoms with E-state index in [2.05, 4.69) is 10.2 Å². The topological polar surface area (TPSA) is 68.5 Å². The minimum atomic E-state index is -0.405. The van der Waals surface area contributed by atoms with E-state index in [-0.39, 0.29) is 23.3 Å². The van der Waals surface area contributed by atoms with Gasteiger partial charge in [0.25, 0.3) is 11.8 Å². The van der Waals surface area contributed by atoms with Crippen LogP contribution in [0.25, 0.3) is 11.5 Å². The van der Waals surface area contributed by atoms with Crippen LogP contribution in [0.1, 0.15) is 35.0 Å². The molecule has 28 heavy (non-hydrogen) atoms. The van der Waals surface area contributed by atoms with Gasteiger partial charge in [-0.1, -0.05) is 12.1 Å². The summed E-state index contributed by atoms with van der Waals surface area (Å²) in [5.41, 5.74) is 0.891. The molecule has 0 N–H and O–H groups in total. The van der Waals surface area contributed by atoms with Crippen molar-refractivity contribution in [2.45, 2.75) is 18.8 Å². The fraction of sp³-hybridized carbons (Fsp3) is 0.286. The Morgan fingerprint density at radius 2 is 1.96 bits per heavy atom. The van der Waals surface area contributed by atoms with Crippen LogP contribution in [0.15, 0.2) is 52.9 Å². The molecule has 0 bridgehead atoms. The van der Waals surface area contributed by atoms with Gasteiger partial charge in [0.2, 0.25) is 5.89 Å². The molecule has 1 aromatic heterocycles. The Labute approximate surface area is 161 Å². The van der Waals surface area contributed by atoms with Crippen molar-refractivity contribution in [3.63, 3.8) is 0 Å². The Balaban J connectivity index is 1.49. The number of ether oxygens (including phenoxy) is 1. The molecule has 7 heteroatoms. The minimum absolute atomic E-state index is 0.0406. The first-order valence-electron chi connectivity index (χ1n) is 9.17. The van der Waals surface area contributed by atoms with E-state index in [0.29, 0.717) is 30.3 Å². The Morgan fingerprint density at radius 3 is 2.71 bits per heavy atom. The molecule has 1 saturated heterocycles. The van der Waals surface area contributed by atoms with Crippen LogP contribution in [0, 0.1) is 5.82 Å². The van der Waals surface area contributed by atoms with E-state index < -0.39 is 5.82 Å². The molecule has 1 amide bonds. The molecule has 1 atom stereocenters. The summed E-state index contributed by atoms with van der Waals surface area (Å²) in [6.45, 7) is 1.17. The summed E-state index contributed by atoms with van der Waals surface area (Å²) in [5, 5.41) is 8.10. The van der Waals surface area contributed by atoms with Gasteiger partial charge in [0.1, 0.15) is 11.6 Å². The third-order valence-corrected chi connectivity index (χ3v) is 4.94. The zero-order chi connectivity index (χ0) is 19.5. The summed E-state index contributed by atoms with van der Waals surface area (Å²) < 4.78 is 24.8. The molecule has 3 aromatic rings. The first-order chi connectivity index (χ1) is 13.7. The van der Waals surface area contributed by atoms with Crippen molar-refractivity contribution in [3.8, 4) is 17.2 Å². The molecule has 2 aromatic carbocycles. The first-order valence-corrected chi connectivity index (χ1v) is 9.17. The highest BCUT2D eigenvalue weighted by Gasteiger charge is 2.29.